The fourth-order valence-corrected chi connectivity index (χ4v) is 1.79. The molecule has 0 bridgehead atoms. The maximum absolute atomic E-state index is 5.80. The smallest absolute Gasteiger partial charge is 0.123 e. The molecule has 1 aromatic rings. The average Bonchev–Trinajstić information content (AvgIpc) is 2.29. The highest BCUT2D eigenvalue weighted by atomic mass is 32.2. The lowest BCUT2D eigenvalue weighted by Crippen LogP contribution is -2.22. The number of ether oxygens (including phenoxy) is 1. The van der Waals surface area contributed by atoms with Gasteiger partial charge in [0.2, 0.25) is 0 Å². The van der Waals surface area contributed by atoms with Crippen LogP contribution in [0.2, 0.25) is 0 Å². The second-order valence-corrected chi connectivity index (χ2v) is 5.47. The number of benzene rings is 1. The molecule has 0 aliphatic carbocycles. The van der Waals surface area contributed by atoms with Crippen LogP contribution in [0.25, 0.3) is 0 Å². The van der Waals surface area contributed by atoms with Crippen molar-refractivity contribution in [2.75, 3.05) is 18.6 Å². The average molecular weight is 253 g/mol. The number of hydrogen-bond acceptors (Lipinski definition) is 3. The molecule has 0 aromatic heterocycles. The van der Waals surface area contributed by atoms with Gasteiger partial charge in [-0.2, -0.15) is 11.8 Å². The Morgan fingerprint density at radius 2 is 2.12 bits per heavy atom. The summed E-state index contributed by atoms with van der Waals surface area (Å²) in [6, 6.07) is 6.87. The van der Waals surface area contributed by atoms with E-state index in [1.54, 1.807) is 0 Å². The second kappa shape index (κ2) is 7.62. The van der Waals surface area contributed by atoms with Gasteiger partial charge in [0.05, 0.1) is 6.61 Å². The van der Waals surface area contributed by atoms with E-state index in [0.29, 0.717) is 6.04 Å². The zero-order chi connectivity index (χ0) is 12.7. The monoisotopic (exact) mass is 253 g/mol. The molecular weight excluding hydrogens is 230 g/mol. The fourth-order valence-electron chi connectivity index (χ4n) is 1.54. The maximum atomic E-state index is 5.80. The van der Waals surface area contributed by atoms with E-state index in [9.17, 15) is 0 Å². The van der Waals surface area contributed by atoms with E-state index in [1.165, 1.54) is 11.1 Å². The van der Waals surface area contributed by atoms with Crippen molar-refractivity contribution in [3.05, 3.63) is 29.3 Å². The van der Waals surface area contributed by atoms with Crippen LogP contribution < -0.4 is 10.1 Å². The fraction of sp³-hybridized carbons (Fsp3) is 0.571. The molecule has 3 heteroatoms. The predicted molar refractivity (Wildman–Crippen MR) is 77.0 cm³/mol. The Hall–Kier alpha value is -0.670. The summed E-state index contributed by atoms with van der Waals surface area (Å²) in [7, 11) is 0. The number of hydrogen-bond donors (Lipinski definition) is 1. The lowest BCUT2D eigenvalue weighted by atomic mass is 10.1. The van der Waals surface area contributed by atoms with Crippen molar-refractivity contribution in [2.45, 2.75) is 33.4 Å². The number of thioether (sulfide) groups is 1. The third-order valence-corrected chi connectivity index (χ3v) is 3.04. The van der Waals surface area contributed by atoms with Gasteiger partial charge in [-0.25, -0.2) is 0 Å². The molecule has 0 heterocycles. The Bertz CT molecular complexity index is 339. The molecule has 0 amide bonds. The molecule has 0 fully saturated rings. The number of nitrogens with one attached hydrogen (secondary N) is 1. The van der Waals surface area contributed by atoms with E-state index >= 15 is 0 Å². The molecule has 96 valence electrons. The highest BCUT2D eigenvalue weighted by Crippen LogP contribution is 2.20. The zero-order valence-electron chi connectivity index (χ0n) is 11.2. The normalized spacial score (nSPS) is 10.9. The van der Waals surface area contributed by atoms with Crippen LogP contribution in [0.4, 0.5) is 0 Å². The molecule has 0 atom stereocenters. The number of rotatable bonds is 7. The van der Waals surface area contributed by atoms with Crippen LogP contribution in [-0.4, -0.2) is 24.7 Å². The minimum absolute atomic E-state index is 0.495. The van der Waals surface area contributed by atoms with Crippen molar-refractivity contribution < 1.29 is 4.74 Å². The SMILES string of the molecule is CSCCOc1ccc(C)cc1CNC(C)C. The first kappa shape index (κ1) is 14.4. The van der Waals surface area contributed by atoms with Gasteiger partial charge in [-0.15, -0.1) is 0 Å². The van der Waals surface area contributed by atoms with Crippen LogP contribution in [0.15, 0.2) is 18.2 Å². The predicted octanol–water partition coefficient (Wildman–Crippen LogP) is 3.23. The van der Waals surface area contributed by atoms with Crippen LogP contribution in [0.5, 0.6) is 5.75 Å². The summed E-state index contributed by atoms with van der Waals surface area (Å²) in [5, 5.41) is 3.43. The van der Waals surface area contributed by atoms with Crippen molar-refractivity contribution in [3.63, 3.8) is 0 Å². The van der Waals surface area contributed by atoms with E-state index in [2.05, 4.69) is 50.5 Å². The largest absolute Gasteiger partial charge is 0.492 e. The van der Waals surface area contributed by atoms with Crippen LogP contribution in [0.1, 0.15) is 25.0 Å². The van der Waals surface area contributed by atoms with Gasteiger partial charge < -0.3 is 10.1 Å². The number of aryl methyl sites for hydroxylation is 1. The molecule has 1 aromatic carbocycles. The standard InChI is InChI=1S/C14H23NOS/c1-11(2)15-10-13-9-12(3)5-6-14(13)16-7-8-17-4/h5-6,9,11,15H,7-8,10H2,1-4H3. The summed E-state index contributed by atoms with van der Waals surface area (Å²) in [5.74, 6) is 2.04. The van der Waals surface area contributed by atoms with Crippen LogP contribution in [0, 0.1) is 6.92 Å². The third kappa shape index (κ3) is 5.46. The summed E-state index contributed by atoms with van der Waals surface area (Å²) in [6.07, 6.45) is 2.10. The molecule has 0 unspecified atom stereocenters. The summed E-state index contributed by atoms with van der Waals surface area (Å²) in [5.41, 5.74) is 2.53. The first-order valence-electron chi connectivity index (χ1n) is 6.08. The lowest BCUT2D eigenvalue weighted by Gasteiger charge is -2.14. The Morgan fingerprint density at radius 3 is 2.76 bits per heavy atom. The maximum Gasteiger partial charge on any atom is 0.123 e. The summed E-state index contributed by atoms with van der Waals surface area (Å²) in [6.45, 7) is 8.07. The first-order chi connectivity index (χ1) is 8.13. The van der Waals surface area contributed by atoms with Crippen molar-refractivity contribution in [3.8, 4) is 5.75 Å². The van der Waals surface area contributed by atoms with Crippen LogP contribution in [-0.2, 0) is 6.54 Å². The second-order valence-electron chi connectivity index (χ2n) is 4.49. The summed E-state index contributed by atoms with van der Waals surface area (Å²) < 4.78 is 5.80. The van der Waals surface area contributed by atoms with Gasteiger partial charge in [0.1, 0.15) is 5.75 Å². The molecule has 0 saturated carbocycles. The first-order valence-corrected chi connectivity index (χ1v) is 7.47. The Morgan fingerprint density at radius 1 is 1.35 bits per heavy atom. The molecule has 1 N–H and O–H groups in total. The molecule has 0 aliphatic heterocycles. The quantitative estimate of drug-likeness (QED) is 0.754. The van der Waals surface area contributed by atoms with Gasteiger partial charge in [-0.05, 0) is 19.2 Å². The molecule has 0 spiro atoms. The highest BCUT2D eigenvalue weighted by molar-refractivity contribution is 7.98. The molecule has 17 heavy (non-hydrogen) atoms. The van der Waals surface area contributed by atoms with Crippen molar-refractivity contribution in [2.24, 2.45) is 0 Å². The van der Waals surface area contributed by atoms with Crippen LogP contribution >= 0.6 is 11.8 Å². The van der Waals surface area contributed by atoms with Crippen molar-refractivity contribution in [1.82, 2.24) is 5.32 Å². The molecule has 0 aliphatic rings. The molecular formula is C14H23NOS. The minimum atomic E-state index is 0.495. The van der Waals surface area contributed by atoms with Gasteiger partial charge in [-0.1, -0.05) is 31.5 Å². The topological polar surface area (TPSA) is 21.3 Å². The van der Waals surface area contributed by atoms with E-state index in [0.717, 1.165) is 24.7 Å². The van der Waals surface area contributed by atoms with Gasteiger partial charge in [0, 0.05) is 23.9 Å². The van der Waals surface area contributed by atoms with Gasteiger partial charge in [0.15, 0.2) is 0 Å². The highest BCUT2D eigenvalue weighted by Gasteiger charge is 2.04. The Labute approximate surface area is 109 Å². The van der Waals surface area contributed by atoms with Crippen molar-refractivity contribution in [1.29, 1.82) is 0 Å². The van der Waals surface area contributed by atoms with Crippen LogP contribution in [0.3, 0.4) is 0 Å². The van der Waals surface area contributed by atoms with Crippen molar-refractivity contribution >= 4 is 11.8 Å². The van der Waals surface area contributed by atoms with E-state index in [-0.39, 0.29) is 0 Å². The summed E-state index contributed by atoms with van der Waals surface area (Å²) >= 11 is 1.81. The van der Waals surface area contributed by atoms with E-state index in [1.807, 2.05) is 11.8 Å². The summed E-state index contributed by atoms with van der Waals surface area (Å²) in [4.78, 5) is 0. The Kier molecular flexibility index (Phi) is 6.45. The van der Waals surface area contributed by atoms with E-state index < -0.39 is 0 Å². The zero-order valence-corrected chi connectivity index (χ0v) is 12.1. The third-order valence-electron chi connectivity index (χ3n) is 2.46. The molecule has 0 saturated heterocycles. The van der Waals surface area contributed by atoms with Gasteiger partial charge in [0.25, 0.3) is 0 Å². The van der Waals surface area contributed by atoms with Gasteiger partial charge >= 0.3 is 0 Å². The Balaban J connectivity index is 2.66. The van der Waals surface area contributed by atoms with E-state index in [4.69, 9.17) is 4.74 Å². The molecule has 0 radical (unpaired) electrons. The molecule has 1 rings (SSSR count). The lowest BCUT2D eigenvalue weighted by molar-refractivity contribution is 0.338. The minimum Gasteiger partial charge on any atom is -0.492 e. The van der Waals surface area contributed by atoms with Gasteiger partial charge in [-0.3, -0.25) is 0 Å². The molecule has 2 nitrogen and oxygen atoms in total.